The van der Waals surface area contributed by atoms with E-state index in [1.807, 2.05) is 0 Å². The predicted molar refractivity (Wildman–Crippen MR) is 107 cm³/mol. The summed E-state index contributed by atoms with van der Waals surface area (Å²) in [4.78, 5) is 47.8. The first kappa shape index (κ1) is 19.6. The lowest BCUT2D eigenvalue weighted by Gasteiger charge is -2.15. The number of carbonyl (C=O) groups excluding carboxylic acids is 3. The Morgan fingerprint density at radius 2 is 1.75 bits per heavy atom. The molecule has 0 bridgehead atoms. The maximum atomic E-state index is 12.3. The van der Waals surface area contributed by atoms with Gasteiger partial charge in [0.1, 0.15) is 6.54 Å². The molecule has 1 aliphatic heterocycles. The zero-order valence-corrected chi connectivity index (χ0v) is 16.4. The van der Waals surface area contributed by atoms with Gasteiger partial charge in [0.2, 0.25) is 5.91 Å². The number of fused-ring (bicyclic) bond motifs is 1. The van der Waals surface area contributed by atoms with E-state index in [9.17, 15) is 24.5 Å². The van der Waals surface area contributed by atoms with Crippen molar-refractivity contribution in [2.75, 3.05) is 11.9 Å². The Morgan fingerprint density at radius 1 is 1.14 bits per heavy atom. The second-order valence-electron chi connectivity index (χ2n) is 5.67. The molecular formula is C17H11BrN4O5S. The minimum Gasteiger partial charge on any atom is -0.331 e. The number of benzene rings is 2. The number of imide groups is 1. The van der Waals surface area contributed by atoms with Crippen molar-refractivity contribution in [3.8, 4) is 0 Å². The average molecular weight is 463 g/mol. The third-order valence-electron chi connectivity index (χ3n) is 3.84. The molecule has 1 aliphatic rings. The van der Waals surface area contributed by atoms with E-state index in [2.05, 4.69) is 26.6 Å². The van der Waals surface area contributed by atoms with Crippen LogP contribution in [0, 0.1) is 10.1 Å². The summed E-state index contributed by atoms with van der Waals surface area (Å²) in [5.74, 6) is -1.76. The Hall–Kier alpha value is -3.18. The quantitative estimate of drug-likeness (QED) is 0.309. The smallest absolute Gasteiger partial charge is 0.270 e. The van der Waals surface area contributed by atoms with Gasteiger partial charge in [-0.05, 0) is 46.3 Å². The standard InChI is InChI=1S/C17H11BrN4O5S/c18-12-7-9(22(26)27)5-6-13(12)19-17(28)20-14(23)8-21-15(24)10-3-1-2-4-11(10)16(21)25/h1-7H,8H2,(H2,19,20,23,28). The second kappa shape index (κ2) is 7.82. The second-order valence-corrected chi connectivity index (χ2v) is 6.93. The lowest BCUT2D eigenvalue weighted by atomic mass is 10.1. The Bertz CT molecular complexity index is 1010. The normalized spacial score (nSPS) is 12.5. The zero-order valence-electron chi connectivity index (χ0n) is 14.0. The first-order chi connectivity index (χ1) is 13.3. The number of hydrogen-bond donors (Lipinski definition) is 2. The van der Waals surface area contributed by atoms with E-state index in [0.29, 0.717) is 10.2 Å². The van der Waals surface area contributed by atoms with Gasteiger partial charge < -0.3 is 10.6 Å². The van der Waals surface area contributed by atoms with Crippen molar-refractivity contribution < 1.29 is 19.3 Å². The highest BCUT2D eigenvalue weighted by Crippen LogP contribution is 2.27. The number of non-ortho nitro benzene ring substituents is 1. The topological polar surface area (TPSA) is 122 Å². The summed E-state index contributed by atoms with van der Waals surface area (Å²) in [6.45, 7) is -0.490. The first-order valence-corrected chi connectivity index (χ1v) is 8.98. The van der Waals surface area contributed by atoms with Crippen molar-refractivity contribution in [1.82, 2.24) is 10.2 Å². The Kier molecular flexibility index (Phi) is 5.47. The molecule has 0 radical (unpaired) electrons. The van der Waals surface area contributed by atoms with E-state index >= 15 is 0 Å². The number of carbonyl (C=O) groups is 3. The maximum Gasteiger partial charge on any atom is 0.270 e. The highest BCUT2D eigenvalue weighted by atomic mass is 79.9. The van der Waals surface area contributed by atoms with E-state index in [0.717, 1.165) is 4.90 Å². The van der Waals surface area contributed by atoms with Crippen molar-refractivity contribution in [2.45, 2.75) is 0 Å². The summed E-state index contributed by atoms with van der Waals surface area (Å²) in [7, 11) is 0. The molecule has 0 fully saturated rings. The number of nitrogens with one attached hydrogen (secondary N) is 2. The van der Waals surface area contributed by atoms with Crippen LogP contribution in [-0.2, 0) is 4.79 Å². The first-order valence-electron chi connectivity index (χ1n) is 7.78. The number of rotatable bonds is 4. The molecule has 3 amide bonds. The third kappa shape index (κ3) is 3.89. The summed E-state index contributed by atoms with van der Waals surface area (Å²) in [5.41, 5.74) is 0.779. The summed E-state index contributed by atoms with van der Waals surface area (Å²) in [5, 5.41) is 15.7. The van der Waals surface area contributed by atoms with Crippen LogP contribution in [0.15, 0.2) is 46.9 Å². The molecule has 2 N–H and O–H groups in total. The van der Waals surface area contributed by atoms with Crippen molar-refractivity contribution in [2.24, 2.45) is 0 Å². The molecule has 3 rings (SSSR count). The van der Waals surface area contributed by atoms with Gasteiger partial charge in [0.15, 0.2) is 5.11 Å². The number of anilines is 1. The predicted octanol–water partition coefficient (Wildman–Crippen LogP) is 2.47. The molecule has 1 heterocycles. The average Bonchev–Trinajstić information content (AvgIpc) is 2.88. The number of thiocarbonyl (C=S) groups is 1. The Labute approximate surface area is 172 Å². The van der Waals surface area contributed by atoms with Crippen LogP contribution in [0.1, 0.15) is 20.7 Å². The van der Waals surface area contributed by atoms with Gasteiger partial charge >= 0.3 is 0 Å². The van der Waals surface area contributed by atoms with Crippen LogP contribution in [0.4, 0.5) is 11.4 Å². The van der Waals surface area contributed by atoms with Gasteiger partial charge in [-0.3, -0.25) is 29.4 Å². The number of nitro groups is 1. The van der Waals surface area contributed by atoms with E-state index in [4.69, 9.17) is 12.2 Å². The van der Waals surface area contributed by atoms with Gasteiger partial charge in [-0.2, -0.15) is 0 Å². The highest BCUT2D eigenvalue weighted by Gasteiger charge is 2.36. The number of nitro benzene ring substituents is 1. The molecule has 0 aromatic heterocycles. The number of nitrogens with zero attached hydrogens (tertiary/aromatic N) is 2. The fraction of sp³-hybridized carbons (Fsp3) is 0.0588. The van der Waals surface area contributed by atoms with Crippen LogP contribution in [0.2, 0.25) is 0 Å². The van der Waals surface area contributed by atoms with Crippen LogP contribution in [-0.4, -0.2) is 39.2 Å². The molecule has 9 nitrogen and oxygen atoms in total. The molecule has 0 saturated carbocycles. The van der Waals surface area contributed by atoms with Gasteiger partial charge in [0.25, 0.3) is 17.5 Å². The van der Waals surface area contributed by atoms with E-state index in [1.54, 1.807) is 12.1 Å². The lowest BCUT2D eigenvalue weighted by molar-refractivity contribution is -0.384. The monoisotopic (exact) mass is 462 g/mol. The van der Waals surface area contributed by atoms with Crippen LogP contribution >= 0.6 is 28.1 Å². The molecule has 0 spiro atoms. The van der Waals surface area contributed by atoms with Gasteiger partial charge in [0.05, 0.1) is 21.7 Å². The van der Waals surface area contributed by atoms with Crippen molar-refractivity contribution in [3.05, 3.63) is 68.2 Å². The molecule has 2 aromatic carbocycles. The number of amides is 3. The molecule has 11 heteroatoms. The fourth-order valence-electron chi connectivity index (χ4n) is 2.57. The molecule has 0 saturated heterocycles. The summed E-state index contributed by atoms with van der Waals surface area (Å²) < 4.78 is 0.374. The summed E-state index contributed by atoms with van der Waals surface area (Å²) in [6.07, 6.45) is 0. The fourth-order valence-corrected chi connectivity index (χ4v) is 3.25. The lowest BCUT2D eigenvalue weighted by Crippen LogP contribution is -2.43. The van der Waals surface area contributed by atoms with E-state index in [1.165, 1.54) is 30.3 Å². The Balaban J connectivity index is 1.61. The van der Waals surface area contributed by atoms with Crippen LogP contribution < -0.4 is 10.6 Å². The zero-order chi connectivity index (χ0) is 20.4. The Morgan fingerprint density at radius 3 is 2.29 bits per heavy atom. The molecule has 0 atom stereocenters. The SMILES string of the molecule is O=C(CN1C(=O)c2ccccc2C1=O)NC(=S)Nc1ccc([N+](=O)[O-])cc1Br. The van der Waals surface area contributed by atoms with Crippen LogP contribution in [0.5, 0.6) is 0 Å². The highest BCUT2D eigenvalue weighted by molar-refractivity contribution is 9.10. The minimum absolute atomic E-state index is 0.0869. The molecule has 2 aromatic rings. The molecule has 0 aliphatic carbocycles. The molecule has 0 unspecified atom stereocenters. The molecule has 28 heavy (non-hydrogen) atoms. The van der Waals surface area contributed by atoms with Gasteiger partial charge in [0, 0.05) is 16.6 Å². The number of halogens is 1. The van der Waals surface area contributed by atoms with E-state index in [-0.39, 0.29) is 21.9 Å². The summed E-state index contributed by atoms with van der Waals surface area (Å²) in [6, 6.07) is 10.3. The minimum atomic E-state index is -0.662. The largest absolute Gasteiger partial charge is 0.331 e. The van der Waals surface area contributed by atoms with Crippen molar-refractivity contribution in [3.63, 3.8) is 0 Å². The molecular weight excluding hydrogens is 452 g/mol. The van der Waals surface area contributed by atoms with Crippen molar-refractivity contribution >= 4 is 62.4 Å². The van der Waals surface area contributed by atoms with Crippen molar-refractivity contribution in [1.29, 1.82) is 0 Å². The van der Waals surface area contributed by atoms with E-state index < -0.39 is 29.2 Å². The molecule has 142 valence electrons. The van der Waals surface area contributed by atoms with Gasteiger partial charge in [-0.15, -0.1) is 0 Å². The third-order valence-corrected chi connectivity index (χ3v) is 4.70. The van der Waals surface area contributed by atoms with Gasteiger partial charge in [-0.25, -0.2) is 0 Å². The maximum absolute atomic E-state index is 12.3. The number of hydrogen-bond acceptors (Lipinski definition) is 6. The van der Waals surface area contributed by atoms with Crippen LogP contribution in [0.25, 0.3) is 0 Å². The van der Waals surface area contributed by atoms with Gasteiger partial charge in [-0.1, -0.05) is 12.1 Å². The van der Waals surface area contributed by atoms with Crippen LogP contribution in [0.3, 0.4) is 0 Å². The summed E-state index contributed by atoms with van der Waals surface area (Å²) >= 11 is 8.22.